The van der Waals surface area contributed by atoms with Crippen molar-refractivity contribution in [2.75, 3.05) is 14.2 Å². The summed E-state index contributed by atoms with van der Waals surface area (Å²) in [6.45, 7) is 0. The summed E-state index contributed by atoms with van der Waals surface area (Å²) in [6, 6.07) is 6.10. The van der Waals surface area contributed by atoms with E-state index in [2.05, 4.69) is 14.8 Å². The Balaban J connectivity index is 2.64. The van der Waals surface area contributed by atoms with Crippen molar-refractivity contribution in [1.29, 1.82) is 0 Å². The second kappa shape index (κ2) is 9.04. The van der Waals surface area contributed by atoms with Gasteiger partial charge in [-0.2, -0.15) is 0 Å². The third-order valence-corrected chi connectivity index (χ3v) is 3.21. The fourth-order valence-electron chi connectivity index (χ4n) is 1.78. The molecule has 1 aromatic rings. The minimum atomic E-state index is -0.823. The predicted octanol–water partition coefficient (Wildman–Crippen LogP) is 1.49. The summed E-state index contributed by atoms with van der Waals surface area (Å²) in [6.07, 6.45) is 0.172. The Morgan fingerprint density at radius 1 is 1.09 bits per heavy atom. The number of carbonyl (C=O) groups is 3. The van der Waals surface area contributed by atoms with Crippen molar-refractivity contribution < 1.29 is 23.9 Å². The molecule has 22 heavy (non-hydrogen) atoms. The van der Waals surface area contributed by atoms with Gasteiger partial charge >= 0.3 is 11.9 Å². The lowest BCUT2D eigenvalue weighted by atomic mass is 10.1. The van der Waals surface area contributed by atoms with E-state index in [9.17, 15) is 14.4 Å². The maximum absolute atomic E-state index is 11.8. The number of nitrogens with one attached hydrogen (secondary N) is 1. The van der Waals surface area contributed by atoms with E-state index in [4.69, 9.17) is 11.6 Å². The molecule has 1 amide bonds. The van der Waals surface area contributed by atoms with Gasteiger partial charge in [0.1, 0.15) is 6.04 Å². The molecule has 0 spiro atoms. The Morgan fingerprint density at radius 3 is 2.27 bits per heavy atom. The van der Waals surface area contributed by atoms with Gasteiger partial charge in [-0.1, -0.05) is 23.7 Å². The summed E-state index contributed by atoms with van der Waals surface area (Å²) in [5.41, 5.74) is 0.827. The fourth-order valence-corrected chi connectivity index (χ4v) is 1.90. The number of esters is 2. The van der Waals surface area contributed by atoms with Crippen LogP contribution in [0.1, 0.15) is 18.4 Å². The molecule has 0 unspecified atom stereocenters. The first kappa shape index (κ1) is 18.0. The molecule has 0 bridgehead atoms. The molecule has 1 aromatic carbocycles. The zero-order chi connectivity index (χ0) is 16.5. The Bertz CT molecular complexity index is 529. The monoisotopic (exact) mass is 327 g/mol. The quantitative estimate of drug-likeness (QED) is 0.767. The smallest absolute Gasteiger partial charge is 0.328 e. The maximum Gasteiger partial charge on any atom is 0.328 e. The topological polar surface area (TPSA) is 81.7 Å². The van der Waals surface area contributed by atoms with E-state index < -0.39 is 23.9 Å². The van der Waals surface area contributed by atoms with Gasteiger partial charge < -0.3 is 14.8 Å². The molecule has 0 fully saturated rings. The highest BCUT2D eigenvalue weighted by Crippen LogP contribution is 2.11. The van der Waals surface area contributed by atoms with Gasteiger partial charge in [0.05, 0.1) is 20.6 Å². The molecule has 0 aromatic heterocycles. The van der Waals surface area contributed by atoms with E-state index >= 15 is 0 Å². The number of carbonyl (C=O) groups excluding carboxylic acids is 3. The van der Waals surface area contributed by atoms with Gasteiger partial charge in [0.25, 0.3) is 0 Å². The number of hydrogen-bond acceptors (Lipinski definition) is 5. The number of ether oxygens (including phenoxy) is 2. The lowest BCUT2D eigenvalue weighted by molar-refractivity contribution is -0.145. The van der Waals surface area contributed by atoms with E-state index in [-0.39, 0.29) is 19.3 Å². The standard InChI is InChI=1S/C15H18ClNO5/c1-21-14(19)8-7-13(18)17-12(15(20)22-2)9-10-3-5-11(16)6-4-10/h3-6,12H,7-9H2,1-2H3,(H,17,18)/t12-/m0/s1. The van der Waals surface area contributed by atoms with E-state index in [1.54, 1.807) is 24.3 Å². The maximum atomic E-state index is 11.8. The molecule has 0 heterocycles. The van der Waals surface area contributed by atoms with Crippen LogP contribution in [0.5, 0.6) is 0 Å². The van der Waals surface area contributed by atoms with Crippen molar-refractivity contribution in [2.45, 2.75) is 25.3 Å². The molecule has 1 rings (SSSR count). The normalized spacial score (nSPS) is 11.4. The largest absolute Gasteiger partial charge is 0.469 e. The second-order valence-electron chi connectivity index (χ2n) is 4.55. The minimum absolute atomic E-state index is 0.0445. The third-order valence-electron chi connectivity index (χ3n) is 2.96. The van der Waals surface area contributed by atoms with Crippen molar-refractivity contribution in [3.8, 4) is 0 Å². The van der Waals surface area contributed by atoms with Crippen LogP contribution >= 0.6 is 11.6 Å². The van der Waals surface area contributed by atoms with Gasteiger partial charge in [0.15, 0.2) is 0 Å². The molecule has 0 aliphatic carbocycles. The highest BCUT2D eigenvalue weighted by molar-refractivity contribution is 6.30. The number of amides is 1. The van der Waals surface area contributed by atoms with E-state index in [1.165, 1.54) is 14.2 Å². The molecular formula is C15H18ClNO5. The van der Waals surface area contributed by atoms with Gasteiger partial charge in [-0.3, -0.25) is 9.59 Å². The Kier molecular flexibility index (Phi) is 7.39. The summed E-state index contributed by atoms with van der Waals surface area (Å²) < 4.78 is 9.14. The first-order valence-electron chi connectivity index (χ1n) is 6.64. The molecule has 6 nitrogen and oxygen atoms in total. The summed E-state index contributed by atoms with van der Waals surface area (Å²) in [5.74, 6) is -1.46. The Labute approximate surface area is 133 Å². The average Bonchev–Trinajstić information content (AvgIpc) is 2.53. The van der Waals surface area contributed by atoms with E-state index in [0.29, 0.717) is 5.02 Å². The number of hydrogen-bond donors (Lipinski definition) is 1. The van der Waals surface area contributed by atoms with Crippen LogP contribution < -0.4 is 5.32 Å². The van der Waals surface area contributed by atoms with Crippen molar-refractivity contribution in [3.05, 3.63) is 34.9 Å². The molecule has 0 aliphatic rings. The lowest BCUT2D eigenvalue weighted by Crippen LogP contribution is -2.43. The molecule has 0 aliphatic heterocycles. The van der Waals surface area contributed by atoms with Crippen molar-refractivity contribution in [2.24, 2.45) is 0 Å². The number of rotatable bonds is 7. The summed E-state index contributed by atoms with van der Waals surface area (Å²) in [5, 5.41) is 3.14. The SMILES string of the molecule is COC(=O)CCC(=O)N[C@@H](Cc1ccc(Cl)cc1)C(=O)OC. The number of methoxy groups -OCH3 is 2. The zero-order valence-electron chi connectivity index (χ0n) is 12.4. The third kappa shape index (κ3) is 6.13. The first-order chi connectivity index (χ1) is 10.5. The van der Waals surface area contributed by atoms with Gasteiger partial charge in [-0.05, 0) is 17.7 Å². The van der Waals surface area contributed by atoms with Crippen LogP contribution in [0.2, 0.25) is 5.02 Å². The van der Waals surface area contributed by atoms with Crippen LogP contribution in [0.25, 0.3) is 0 Å². The van der Waals surface area contributed by atoms with Gasteiger partial charge in [-0.15, -0.1) is 0 Å². The Morgan fingerprint density at radius 2 is 1.73 bits per heavy atom. The molecule has 0 radical (unpaired) electrons. The molecule has 0 saturated carbocycles. The number of halogens is 1. The van der Waals surface area contributed by atoms with Crippen LogP contribution in [-0.2, 0) is 30.3 Å². The molecule has 1 atom stereocenters. The van der Waals surface area contributed by atoms with Crippen LogP contribution in [-0.4, -0.2) is 38.1 Å². The molecular weight excluding hydrogens is 310 g/mol. The predicted molar refractivity (Wildman–Crippen MR) is 80.4 cm³/mol. The van der Waals surface area contributed by atoms with Crippen molar-refractivity contribution in [1.82, 2.24) is 5.32 Å². The average molecular weight is 328 g/mol. The van der Waals surface area contributed by atoms with E-state index in [0.717, 1.165) is 5.56 Å². The van der Waals surface area contributed by atoms with Crippen molar-refractivity contribution in [3.63, 3.8) is 0 Å². The summed E-state index contributed by atoms with van der Waals surface area (Å²) >= 11 is 5.80. The van der Waals surface area contributed by atoms with Crippen molar-refractivity contribution >= 4 is 29.4 Å². The lowest BCUT2D eigenvalue weighted by Gasteiger charge is -2.16. The molecule has 120 valence electrons. The molecule has 7 heteroatoms. The molecule has 0 saturated heterocycles. The first-order valence-corrected chi connectivity index (χ1v) is 7.02. The minimum Gasteiger partial charge on any atom is -0.469 e. The van der Waals surface area contributed by atoms with Crippen LogP contribution in [0.15, 0.2) is 24.3 Å². The summed E-state index contributed by atoms with van der Waals surface area (Å²) in [4.78, 5) is 34.6. The fraction of sp³-hybridized carbons (Fsp3) is 0.400. The highest BCUT2D eigenvalue weighted by atomic mass is 35.5. The zero-order valence-corrected chi connectivity index (χ0v) is 13.2. The highest BCUT2D eigenvalue weighted by Gasteiger charge is 2.22. The van der Waals surface area contributed by atoms with Crippen LogP contribution in [0.4, 0.5) is 0 Å². The van der Waals surface area contributed by atoms with E-state index in [1.807, 2.05) is 0 Å². The van der Waals surface area contributed by atoms with Crippen LogP contribution in [0, 0.1) is 0 Å². The van der Waals surface area contributed by atoms with Crippen LogP contribution in [0.3, 0.4) is 0 Å². The van der Waals surface area contributed by atoms with Gasteiger partial charge in [-0.25, -0.2) is 4.79 Å². The van der Waals surface area contributed by atoms with Gasteiger partial charge in [0, 0.05) is 17.9 Å². The Hall–Kier alpha value is -2.08. The van der Waals surface area contributed by atoms with Gasteiger partial charge in [0.2, 0.25) is 5.91 Å². The summed E-state index contributed by atoms with van der Waals surface area (Å²) in [7, 11) is 2.50. The molecule has 1 N–H and O–H groups in total. The second-order valence-corrected chi connectivity index (χ2v) is 4.99. The number of benzene rings is 1.